The highest BCUT2D eigenvalue weighted by Gasteiger charge is 2.19. The minimum atomic E-state index is -0.0672. The minimum absolute atomic E-state index is 0.0554. The summed E-state index contributed by atoms with van der Waals surface area (Å²) < 4.78 is 4.18. The van der Waals surface area contributed by atoms with Gasteiger partial charge in [-0.05, 0) is 36.7 Å². The molecule has 0 bridgehead atoms. The van der Waals surface area contributed by atoms with Crippen molar-refractivity contribution in [2.24, 2.45) is 0 Å². The number of nitrogens with one attached hydrogen (secondary N) is 1. The highest BCUT2D eigenvalue weighted by atomic mass is 32.2. The molecule has 0 spiro atoms. The Hall–Kier alpha value is -2.17. The van der Waals surface area contributed by atoms with E-state index in [0.717, 1.165) is 10.4 Å². The standard InChI is InChI=1S/C17H17N5O2S3/c1-10(2)18-13(23)9-27-17-20-19-16-21(8-11-4-3-6-25-11)15(24)14-12(22(16)17)5-7-26-14/h3-7,10H,8-9H2,1-2H3,(H,18,23). The monoisotopic (exact) mass is 419 g/mol. The Balaban J connectivity index is 1.78. The number of carbonyl (C=O) groups excluding carboxylic acids is 1. The van der Waals surface area contributed by atoms with Gasteiger partial charge in [0.25, 0.3) is 5.56 Å². The average molecular weight is 420 g/mol. The number of rotatable bonds is 6. The number of thioether (sulfide) groups is 1. The molecule has 27 heavy (non-hydrogen) atoms. The predicted octanol–water partition coefficient (Wildman–Crippen LogP) is 2.83. The zero-order chi connectivity index (χ0) is 19.0. The van der Waals surface area contributed by atoms with Gasteiger partial charge in [0.15, 0.2) is 5.16 Å². The molecule has 4 aromatic rings. The van der Waals surface area contributed by atoms with Crippen LogP contribution in [0.25, 0.3) is 16.0 Å². The van der Waals surface area contributed by atoms with Crippen molar-refractivity contribution in [1.29, 1.82) is 0 Å². The molecule has 1 N–H and O–H groups in total. The first-order chi connectivity index (χ1) is 13.0. The fourth-order valence-electron chi connectivity index (χ4n) is 2.79. The van der Waals surface area contributed by atoms with Crippen LogP contribution in [0.5, 0.6) is 0 Å². The maximum atomic E-state index is 13.0. The maximum Gasteiger partial charge on any atom is 0.273 e. The number of thiophene rings is 2. The van der Waals surface area contributed by atoms with E-state index < -0.39 is 0 Å². The van der Waals surface area contributed by atoms with Gasteiger partial charge < -0.3 is 5.32 Å². The lowest BCUT2D eigenvalue weighted by Crippen LogP contribution is -2.31. The number of nitrogens with zero attached hydrogens (tertiary/aromatic N) is 4. The van der Waals surface area contributed by atoms with Crippen LogP contribution in [0.15, 0.2) is 38.9 Å². The Morgan fingerprint density at radius 2 is 2.11 bits per heavy atom. The summed E-state index contributed by atoms with van der Waals surface area (Å²) in [7, 11) is 0. The van der Waals surface area contributed by atoms with E-state index in [1.54, 1.807) is 15.9 Å². The molecule has 0 saturated carbocycles. The smallest absolute Gasteiger partial charge is 0.273 e. The van der Waals surface area contributed by atoms with Gasteiger partial charge in [-0.1, -0.05) is 17.8 Å². The first-order valence-corrected chi connectivity index (χ1v) is 11.1. The van der Waals surface area contributed by atoms with Gasteiger partial charge >= 0.3 is 0 Å². The van der Waals surface area contributed by atoms with E-state index in [4.69, 9.17) is 0 Å². The zero-order valence-corrected chi connectivity index (χ0v) is 17.2. The summed E-state index contributed by atoms with van der Waals surface area (Å²) in [6.45, 7) is 4.30. The first-order valence-electron chi connectivity index (χ1n) is 8.34. The molecular formula is C17H17N5O2S3. The van der Waals surface area contributed by atoms with E-state index in [9.17, 15) is 9.59 Å². The van der Waals surface area contributed by atoms with Crippen LogP contribution in [0.3, 0.4) is 0 Å². The van der Waals surface area contributed by atoms with Crippen LogP contribution in [-0.4, -0.2) is 36.9 Å². The molecule has 4 rings (SSSR count). The van der Waals surface area contributed by atoms with Crippen LogP contribution in [-0.2, 0) is 11.3 Å². The summed E-state index contributed by atoms with van der Waals surface area (Å²) in [5.41, 5.74) is 0.710. The molecular weight excluding hydrogens is 402 g/mol. The molecule has 0 radical (unpaired) electrons. The molecule has 140 valence electrons. The van der Waals surface area contributed by atoms with Gasteiger partial charge in [0.1, 0.15) is 4.70 Å². The van der Waals surface area contributed by atoms with Crippen molar-refractivity contribution in [1.82, 2.24) is 24.5 Å². The Kier molecular flexibility index (Phi) is 5.02. The Bertz CT molecular complexity index is 1160. The van der Waals surface area contributed by atoms with Crippen LogP contribution >= 0.6 is 34.4 Å². The van der Waals surface area contributed by atoms with Crippen LogP contribution in [0.4, 0.5) is 0 Å². The summed E-state index contributed by atoms with van der Waals surface area (Å²) in [6, 6.07) is 5.94. The third kappa shape index (κ3) is 3.52. The van der Waals surface area contributed by atoms with Gasteiger partial charge in [0.05, 0.1) is 17.8 Å². The molecule has 4 aromatic heterocycles. The molecule has 0 aliphatic carbocycles. The molecule has 0 aliphatic heterocycles. The quantitative estimate of drug-likeness (QED) is 0.486. The molecule has 10 heteroatoms. The lowest BCUT2D eigenvalue weighted by atomic mass is 10.4. The number of hydrogen-bond donors (Lipinski definition) is 1. The zero-order valence-electron chi connectivity index (χ0n) is 14.7. The van der Waals surface area contributed by atoms with E-state index in [1.807, 2.05) is 47.2 Å². The molecule has 0 unspecified atom stereocenters. The van der Waals surface area contributed by atoms with Crippen molar-refractivity contribution in [3.8, 4) is 0 Å². The molecule has 0 aromatic carbocycles. The first kappa shape index (κ1) is 18.2. The van der Waals surface area contributed by atoms with Crippen molar-refractivity contribution in [3.05, 3.63) is 44.2 Å². The average Bonchev–Trinajstić information content (AvgIpc) is 3.35. The second-order valence-electron chi connectivity index (χ2n) is 6.23. The lowest BCUT2D eigenvalue weighted by Gasteiger charge is -2.09. The second-order valence-corrected chi connectivity index (χ2v) is 9.13. The fourth-order valence-corrected chi connectivity index (χ4v) is 5.06. The van der Waals surface area contributed by atoms with E-state index in [1.165, 1.54) is 23.1 Å². The van der Waals surface area contributed by atoms with Gasteiger partial charge in [-0.25, -0.2) is 0 Å². The van der Waals surface area contributed by atoms with Crippen molar-refractivity contribution in [2.75, 3.05) is 5.75 Å². The SMILES string of the molecule is CC(C)NC(=O)CSc1nnc2n(Cc3cccs3)c(=O)c3sccc3n12. The van der Waals surface area contributed by atoms with Crippen LogP contribution in [0, 0.1) is 0 Å². The normalized spacial score (nSPS) is 11.7. The number of aromatic nitrogens is 4. The Morgan fingerprint density at radius 3 is 2.85 bits per heavy atom. The lowest BCUT2D eigenvalue weighted by molar-refractivity contribution is -0.119. The third-order valence-electron chi connectivity index (χ3n) is 3.86. The molecule has 7 nitrogen and oxygen atoms in total. The maximum absolute atomic E-state index is 13.0. The molecule has 0 aliphatic rings. The van der Waals surface area contributed by atoms with E-state index >= 15 is 0 Å². The molecule has 1 amide bonds. The van der Waals surface area contributed by atoms with Crippen LogP contribution < -0.4 is 10.9 Å². The summed E-state index contributed by atoms with van der Waals surface area (Å²) in [4.78, 5) is 26.0. The Morgan fingerprint density at radius 1 is 1.26 bits per heavy atom. The highest BCUT2D eigenvalue weighted by molar-refractivity contribution is 7.99. The Labute approximate surface area is 167 Å². The van der Waals surface area contributed by atoms with E-state index in [2.05, 4.69) is 15.5 Å². The van der Waals surface area contributed by atoms with Gasteiger partial charge in [-0.2, -0.15) is 0 Å². The van der Waals surface area contributed by atoms with E-state index in [-0.39, 0.29) is 23.3 Å². The number of amides is 1. The van der Waals surface area contributed by atoms with Crippen molar-refractivity contribution in [2.45, 2.75) is 31.6 Å². The number of carbonyl (C=O) groups is 1. The van der Waals surface area contributed by atoms with Crippen LogP contribution in [0.1, 0.15) is 18.7 Å². The van der Waals surface area contributed by atoms with Gasteiger partial charge in [-0.3, -0.25) is 18.6 Å². The minimum Gasteiger partial charge on any atom is -0.353 e. The molecule has 0 atom stereocenters. The van der Waals surface area contributed by atoms with Crippen molar-refractivity contribution in [3.63, 3.8) is 0 Å². The topological polar surface area (TPSA) is 81.3 Å². The largest absolute Gasteiger partial charge is 0.353 e. The molecule has 0 fully saturated rings. The predicted molar refractivity (Wildman–Crippen MR) is 110 cm³/mol. The molecule has 0 saturated heterocycles. The van der Waals surface area contributed by atoms with Gasteiger partial charge in [-0.15, -0.1) is 32.9 Å². The second kappa shape index (κ2) is 7.45. The summed E-state index contributed by atoms with van der Waals surface area (Å²) >= 11 is 4.32. The fraction of sp³-hybridized carbons (Fsp3) is 0.294. The summed E-state index contributed by atoms with van der Waals surface area (Å²) in [5.74, 6) is 0.681. The van der Waals surface area contributed by atoms with Crippen LogP contribution in [0.2, 0.25) is 0 Å². The molecule has 4 heterocycles. The van der Waals surface area contributed by atoms with Gasteiger partial charge in [0.2, 0.25) is 11.7 Å². The van der Waals surface area contributed by atoms with Gasteiger partial charge in [0, 0.05) is 10.9 Å². The number of hydrogen-bond acceptors (Lipinski definition) is 7. The summed E-state index contributed by atoms with van der Waals surface area (Å²) in [5, 5.41) is 15.9. The third-order valence-corrected chi connectivity index (χ3v) is 6.54. The number of fused-ring (bicyclic) bond motifs is 3. The van der Waals surface area contributed by atoms with E-state index in [0.29, 0.717) is 22.2 Å². The van der Waals surface area contributed by atoms with Crippen molar-refractivity contribution < 1.29 is 4.79 Å². The summed E-state index contributed by atoms with van der Waals surface area (Å²) in [6.07, 6.45) is 0. The van der Waals surface area contributed by atoms with Crippen molar-refractivity contribution >= 4 is 56.3 Å². The highest BCUT2D eigenvalue weighted by Crippen LogP contribution is 2.25.